The van der Waals surface area contributed by atoms with Crippen molar-refractivity contribution in [2.45, 2.75) is 50.7 Å². The van der Waals surface area contributed by atoms with Crippen LogP contribution in [0.5, 0.6) is 0 Å². The van der Waals surface area contributed by atoms with E-state index >= 15 is 0 Å². The zero-order chi connectivity index (χ0) is 20.4. The Labute approximate surface area is 166 Å². The molecule has 3 N–H and O–H groups in total. The van der Waals surface area contributed by atoms with Gasteiger partial charge in [0.2, 0.25) is 5.91 Å². The second kappa shape index (κ2) is 11.3. The van der Waals surface area contributed by atoms with Crippen LogP contribution in [-0.4, -0.2) is 50.6 Å². The number of aliphatic hydroxyl groups excluding tert-OH is 1. The van der Waals surface area contributed by atoms with Crippen molar-refractivity contribution in [3.05, 3.63) is 60.2 Å². The van der Waals surface area contributed by atoms with Crippen LogP contribution >= 0.6 is 7.60 Å². The molecule has 0 aliphatic carbocycles. The zero-order valence-electron chi connectivity index (χ0n) is 16.1. The Morgan fingerprint density at radius 2 is 1.96 bits per heavy atom. The summed E-state index contributed by atoms with van der Waals surface area (Å²) in [4.78, 5) is 31.8. The summed E-state index contributed by atoms with van der Waals surface area (Å²) >= 11 is 0. The number of hydrogen-bond donors (Lipinski definition) is 3. The fourth-order valence-electron chi connectivity index (χ4n) is 3.29. The van der Waals surface area contributed by atoms with Crippen molar-refractivity contribution in [1.29, 1.82) is 0 Å². The average Bonchev–Trinajstić information content (AvgIpc) is 2.64. The number of carbonyl (C=O) groups excluding carboxylic acids is 1. The molecule has 1 heterocycles. The third kappa shape index (κ3) is 8.53. The molecule has 1 aromatic rings. The van der Waals surface area contributed by atoms with Crippen LogP contribution in [-0.2, 0) is 15.8 Å². The van der Waals surface area contributed by atoms with Gasteiger partial charge in [-0.1, -0.05) is 54.6 Å². The van der Waals surface area contributed by atoms with Gasteiger partial charge in [0.05, 0.1) is 18.3 Å². The summed E-state index contributed by atoms with van der Waals surface area (Å²) in [5, 5.41) is 10.3. The summed E-state index contributed by atoms with van der Waals surface area (Å²) < 4.78 is 10.8. The Morgan fingerprint density at radius 1 is 1.21 bits per heavy atom. The maximum atomic E-state index is 12.3. The average molecular weight is 407 g/mol. The molecule has 1 aromatic carbocycles. The van der Waals surface area contributed by atoms with Crippen LogP contribution in [0.15, 0.2) is 54.6 Å². The van der Waals surface area contributed by atoms with Crippen LogP contribution in [0.4, 0.5) is 0 Å². The Balaban J connectivity index is 1.85. The lowest BCUT2D eigenvalue weighted by Gasteiger charge is -2.33. The number of piperidine rings is 1. The van der Waals surface area contributed by atoms with Crippen molar-refractivity contribution >= 4 is 13.5 Å². The molecule has 1 aliphatic rings. The lowest BCUT2D eigenvalue weighted by Crippen LogP contribution is -2.42. The molecular formula is C21H30NO5P. The minimum absolute atomic E-state index is 0.0357. The molecule has 0 spiro atoms. The third-order valence-electron chi connectivity index (χ3n) is 4.74. The highest BCUT2D eigenvalue weighted by atomic mass is 31.2. The van der Waals surface area contributed by atoms with Crippen molar-refractivity contribution in [2.75, 3.05) is 12.7 Å². The first-order chi connectivity index (χ1) is 13.3. The SMILES string of the molecule is O=C1CCC[C@H](/C=C/C(O)Cc2ccccc2)N1C/C=C\CCCP(=O)(O)O. The molecule has 1 fully saturated rings. The van der Waals surface area contributed by atoms with E-state index in [1.54, 1.807) is 11.0 Å². The van der Waals surface area contributed by atoms with Gasteiger partial charge in [0, 0.05) is 19.4 Å². The number of amides is 1. The first-order valence-corrected chi connectivity index (χ1v) is 11.5. The molecule has 0 bridgehead atoms. The summed E-state index contributed by atoms with van der Waals surface area (Å²) in [6.45, 7) is 0.471. The van der Waals surface area contributed by atoms with E-state index in [1.165, 1.54) is 0 Å². The van der Waals surface area contributed by atoms with E-state index in [0.29, 0.717) is 32.2 Å². The molecule has 0 aromatic heterocycles. The number of likely N-dealkylation sites (tertiary alicyclic amines) is 1. The number of benzene rings is 1. The molecule has 6 nitrogen and oxygen atoms in total. The number of allylic oxidation sites excluding steroid dienone is 1. The van der Waals surface area contributed by atoms with Crippen LogP contribution in [0, 0.1) is 0 Å². The van der Waals surface area contributed by atoms with Gasteiger partial charge in [-0.25, -0.2) is 0 Å². The Bertz CT molecular complexity index is 713. The molecule has 154 valence electrons. The van der Waals surface area contributed by atoms with Gasteiger partial charge in [0.1, 0.15) is 0 Å². The normalized spacial score (nSPS) is 19.6. The number of rotatable bonds is 10. The van der Waals surface area contributed by atoms with Gasteiger partial charge in [-0.05, 0) is 31.2 Å². The second-order valence-corrected chi connectivity index (χ2v) is 8.93. The van der Waals surface area contributed by atoms with E-state index in [2.05, 4.69) is 0 Å². The monoisotopic (exact) mass is 407 g/mol. The van der Waals surface area contributed by atoms with Crippen LogP contribution in [0.2, 0.25) is 0 Å². The molecule has 1 aliphatic heterocycles. The molecule has 1 unspecified atom stereocenters. The predicted octanol–water partition coefficient (Wildman–Crippen LogP) is 3.04. The quantitative estimate of drug-likeness (QED) is 0.315. The van der Waals surface area contributed by atoms with E-state index in [4.69, 9.17) is 9.79 Å². The molecule has 1 saturated heterocycles. The molecule has 0 saturated carbocycles. The van der Waals surface area contributed by atoms with E-state index in [-0.39, 0.29) is 18.1 Å². The van der Waals surface area contributed by atoms with Crippen LogP contribution in [0.1, 0.15) is 37.7 Å². The molecule has 0 radical (unpaired) electrons. The van der Waals surface area contributed by atoms with Crippen molar-refractivity contribution in [2.24, 2.45) is 0 Å². The summed E-state index contributed by atoms with van der Waals surface area (Å²) in [5.41, 5.74) is 1.06. The van der Waals surface area contributed by atoms with Gasteiger partial charge in [-0.2, -0.15) is 0 Å². The Morgan fingerprint density at radius 3 is 2.68 bits per heavy atom. The van der Waals surface area contributed by atoms with Gasteiger partial charge in [-0.3, -0.25) is 9.36 Å². The number of aliphatic hydroxyl groups is 1. The minimum atomic E-state index is -3.94. The van der Waals surface area contributed by atoms with Crippen LogP contribution in [0.3, 0.4) is 0 Å². The maximum absolute atomic E-state index is 12.3. The Kier molecular flexibility index (Phi) is 9.13. The van der Waals surface area contributed by atoms with Gasteiger partial charge in [0.25, 0.3) is 0 Å². The van der Waals surface area contributed by atoms with Crippen LogP contribution in [0.25, 0.3) is 0 Å². The maximum Gasteiger partial charge on any atom is 0.325 e. The lowest BCUT2D eigenvalue weighted by atomic mass is 9.99. The lowest BCUT2D eigenvalue weighted by molar-refractivity contribution is -0.134. The van der Waals surface area contributed by atoms with Gasteiger partial charge in [0.15, 0.2) is 0 Å². The van der Waals surface area contributed by atoms with E-state index in [1.807, 2.05) is 48.6 Å². The van der Waals surface area contributed by atoms with Crippen molar-refractivity contribution in [1.82, 2.24) is 4.90 Å². The highest BCUT2D eigenvalue weighted by Crippen LogP contribution is 2.35. The van der Waals surface area contributed by atoms with Crippen molar-refractivity contribution in [3.63, 3.8) is 0 Å². The molecule has 28 heavy (non-hydrogen) atoms. The molecular weight excluding hydrogens is 377 g/mol. The van der Waals surface area contributed by atoms with Gasteiger partial charge >= 0.3 is 7.60 Å². The van der Waals surface area contributed by atoms with Crippen molar-refractivity contribution < 1.29 is 24.3 Å². The van der Waals surface area contributed by atoms with E-state index < -0.39 is 13.7 Å². The number of carbonyl (C=O) groups is 1. The van der Waals surface area contributed by atoms with Crippen molar-refractivity contribution in [3.8, 4) is 0 Å². The summed E-state index contributed by atoms with van der Waals surface area (Å²) in [6, 6.07) is 9.75. The Hall–Kier alpha value is -1.72. The summed E-state index contributed by atoms with van der Waals surface area (Å²) in [7, 11) is -3.94. The summed E-state index contributed by atoms with van der Waals surface area (Å²) in [5.74, 6) is 0.0957. The predicted molar refractivity (Wildman–Crippen MR) is 110 cm³/mol. The zero-order valence-corrected chi connectivity index (χ0v) is 17.0. The summed E-state index contributed by atoms with van der Waals surface area (Å²) in [6.07, 6.45) is 10.5. The first kappa shape index (κ1) is 22.6. The first-order valence-electron chi connectivity index (χ1n) is 9.74. The van der Waals surface area contributed by atoms with E-state index in [0.717, 1.165) is 18.4 Å². The van der Waals surface area contributed by atoms with Gasteiger partial charge in [-0.15, -0.1) is 0 Å². The fraction of sp³-hybridized carbons (Fsp3) is 0.476. The highest BCUT2D eigenvalue weighted by Gasteiger charge is 2.25. The standard InChI is InChI=1S/C21H30NO5P/c23-20(17-18-9-4-3-5-10-18)14-13-19-11-8-12-21(24)22(19)15-6-1-2-7-16-28(25,26)27/h1,3-6,9-10,13-14,19-20,23H,2,7-8,11-12,15-17H2,(H2,25,26,27)/b6-1-,14-13+/t19-,20?/m1/s1. The third-order valence-corrected chi connectivity index (χ3v) is 5.64. The molecule has 1 amide bonds. The van der Waals surface area contributed by atoms with E-state index in [9.17, 15) is 14.5 Å². The smallest absolute Gasteiger partial charge is 0.325 e. The second-order valence-electron chi connectivity index (χ2n) is 7.15. The van der Waals surface area contributed by atoms with Gasteiger partial charge < -0.3 is 19.8 Å². The molecule has 2 rings (SSSR count). The largest absolute Gasteiger partial charge is 0.389 e. The number of unbranched alkanes of at least 4 members (excludes halogenated alkanes) is 1. The highest BCUT2D eigenvalue weighted by molar-refractivity contribution is 7.51. The molecule has 2 atom stereocenters. The number of nitrogens with zero attached hydrogens (tertiary/aromatic N) is 1. The number of hydrogen-bond acceptors (Lipinski definition) is 3. The molecule has 7 heteroatoms. The minimum Gasteiger partial charge on any atom is -0.389 e. The van der Waals surface area contributed by atoms with Crippen LogP contribution < -0.4 is 0 Å². The fourth-order valence-corrected chi connectivity index (χ4v) is 3.88. The topological polar surface area (TPSA) is 98.1 Å².